The number of halogens is 1. The van der Waals surface area contributed by atoms with Crippen molar-refractivity contribution in [1.82, 2.24) is 5.43 Å². The maximum Gasteiger partial charge on any atom is 0.343 e. The molecule has 4 aromatic carbocycles. The first kappa shape index (κ1) is 25.7. The van der Waals surface area contributed by atoms with Crippen molar-refractivity contribution in [3.8, 4) is 17.2 Å². The van der Waals surface area contributed by atoms with Crippen molar-refractivity contribution in [1.29, 1.82) is 0 Å². The minimum absolute atomic E-state index is 0.188. The Hall–Kier alpha value is -4.43. The summed E-state index contributed by atoms with van der Waals surface area (Å²) >= 11 is 3.33. The Kier molecular flexibility index (Phi) is 9.04. The number of hydrazone groups is 1. The van der Waals surface area contributed by atoms with Gasteiger partial charge in [0, 0.05) is 4.47 Å². The molecule has 4 rings (SSSR count). The predicted molar refractivity (Wildman–Crippen MR) is 144 cm³/mol. The van der Waals surface area contributed by atoms with Crippen LogP contribution in [0.2, 0.25) is 0 Å². The minimum Gasteiger partial charge on any atom is -0.489 e. The standard InChI is InChI=1S/C29H23BrN2O5/c30-24-10-8-23(9-11-24)29(34)37-27-12-6-21(7-13-27)18-31-32-28(33)20-36-26-16-14-25(15-17-26)35-19-22-4-2-1-3-5-22/h1-18H,19-20H2,(H,32,33)/b31-18+. The summed E-state index contributed by atoms with van der Waals surface area (Å²) in [6, 6.07) is 30.6. The Balaban J connectivity index is 1.17. The molecule has 0 fully saturated rings. The fourth-order valence-corrected chi connectivity index (χ4v) is 3.37. The maximum absolute atomic E-state index is 12.2. The third kappa shape index (κ3) is 8.33. The summed E-state index contributed by atoms with van der Waals surface area (Å²) in [6.45, 7) is 0.286. The number of nitrogens with zero attached hydrogens (tertiary/aromatic N) is 1. The van der Waals surface area contributed by atoms with Crippen LogP contribution in [0.25, 0.3) is 0 Å². The van der Waals surface area contributed by atoms with Gasteiger partial charge in [0.1, 0.15) is 23.9 Å². The number of amides is 1. The molecule has 0 aromatic heterocycles. The molecule has 8 heteroatoms. The molecule has 0 aliphatic carbocycles. The number of carbonyl (C=O) groups is 2. The average molecular weight is 559 g/mol. The van der Waals surface area contributed by atoms with Crippen LogP contribution < -0.4 is 19.6 Å². The van der Waals surface area contributed by atoms with Gasteiger partial charge in [-0.05, 0) is 83.9 Å². The quantitative estimate of drug-likeness (QED) is 0.115. The van der Waals surface area contributed by atoms with Crippen LogP contribution in [0.1, 0.15) is 21.5 Å². The van der Waals surface area contributed by atoms with Gasteiger partial charge in [0.15, 0.2) is 6.61 Å². The highest BCUT2D eigenvalue weighted by Crippen LogP contribution is 2.19. The molecule has 0 unspecified atom stereocenters. The zero-order valence-corrected chi connectivity index (χ0v) is 21.3. The number of hydrogen-bond acceptors (Lipinski definition) is 6. The fraction of sp³-hybridized carbons (Fsp3) is 0.0690. The molecule has 7 nitrogen and oxygen atoms in total. The first-order valence-electron chi connectivity index (χ1n) is 11.3. The molecule has 0 spiro atoms. The third-order valence-electron chi connectivity index (χ3n) is 5.02. The van der Waals surface area contributed by atoms with Crippen LogP contribution in [-0.2, 0) is 11.4 Å². The van der Waals surface area contributed by atoms with E-state index in [4.69, 9.17) is 14.2 Å². The summed E-state index contributed by atoms with van der Waals surface area (Å²) in [7, 11) is 0. The summed E-state index contributed by atoms with van der Waals surface area (Å²) < 4.78 is 17.5. The highest BCUT2D eigenvalue weighted by molar-refractivity contribution is 9.10. The lowest BCUT2D eigenvalue weighted by Crippen LogP contribution is -2.24. The molecule has 186 valence electrons. The smallest absolute Gasteiger partial charge is 0.343 e. The largest absolute Gasteiger partial charge is 0.489 e. The van der Waals surface area contributed by atoms with Crippen molar-refractivity contribution in [2.45, 2.75) is 6.61 Å². The van der Waals surface area contributed by atoms with Gasteiger partial charge in [0.05, 0.1) is 11.8 Å². The van der Waals surface area contributed by atoms with E-state index in [-0.39, 0.29) is 6.61 Å². The van der Waals surface area contributed by atoms with Gasteiger partial charge in [-0.25, -0.2) is 10.2 Å². The molecule has 0 aliphatic heterocycles. The molecule has 0 saturated heterocycles. The van der Waals surface area contributed by atoms with E-state index in [0.29, 0.717) is 29.4 Å². The molecule has 4 aromatic rings. The SMILES string of the molecule is O=C(COc1ccc(OCc2ccccc2)cc1)N/N=C/c1ccc(OC(=O)c2ccc(Br)cc2)cc1. The Morgan fingerprint density at radius 1 is 0.757 bits per heavy atom. The van der Waals surface area contributed by atoms with E-state index >= 15 is 0 Å². The van der Waals surface area contributed by atoms with Gasteiger partial charge in [-0.1, -0.05) is 46.3 Å². The zero-order chi connectivity index (χ0) is 25.9. The Morgan fingerprint density at radius 2 is 1.38 bits per heavy atom. The van der Waals surface area contributed by atoms with Crippen LogP contribution in [0.3, 0.4) is 0 Å². The van der Waals surface area contributed by atoms with Crippen LogP contribution >= 0.6 is 15.9 Å². The number of esters is 1. The summed E-state index contributed by atoms with van der Waals surface area (Å²) in [4.78, 5) is 24.2. The summed E-state index contributed by atoms with van der Waals surface area (Å²) in [5.74, 6) is 0.800. The van der Waals surface area contributed by atoms with Crippen molar-refractivity contribution in [2.75, 3.05) is 6.61 Å². The van der Waals surface area contributed by atoms with Gasteiger partial charge in [-0.3, -0.25) is 4.79 Å². The van der Waals surface area contributed by atoms with Crippen LogP contribution in [0.4, 0.5) is 0 Å². The van der Waals surface area contributed by atoms with Crippen molar-refractivity contribution in [3.05, 3.63) is 124 Å². The first-order valence-corrected chi connectivity index (χ1v) is 12.1. The van der Waals surface area contributed by atoms with Crippen LogP contribution in [0, 0.1) is 0 Å². The fourth-order valence-electron chi connectivity index (χ4n) is 3.11. The molecular weight excluding hydrogens is 536 g/mol. The lowest BCUT2D eigenvalue weighted by atomic mass is 10.2. The number of benzene rings is 4. The van der Waals surface area contributed by atoms with Gasteiger partial charge in [-0.2, -0.15) is 5.10 Å². The maximum atomic E-state index is 12.2. The van der Waals surface area contributed by atoms with Gasteiger partial charge < -0.3 is 14.2 Å². The van der Waals surface area contributed by atoms with E-state index < -0.39 is 11.9 Å². The highest BCUT2D eigenvalue weighted by Gasteiger charge is 2.08. The summed E-state index contributed by atoms with van der Waals surface area (Å²) in [5.41, 5.74) is 4.66. The second-order valence-electron chi connectivity index (χ2n) is 7.79. The van der Waals surface area contributed by atoms with E-state index in [1.54, 1.807) is 72.8 Å². The molecule has 0 saturated carbocycles. The van der Waals surface area contributed by atoms with Gasteiger partial charge in [0.2, 0.25) is 0 Å². The Labute approximate surface area is 222 Å². The van der Waals surface area contributed by atoms with E-state index in [1.807, 2.05) is 30.3 Å². The molecule has 1 N–H and O–H groups in total. The van der Waals surface area contributed by atoms with Crippen molar-refractivity contribution in [3.63, 3.8) is 0 Å². The summed E-state index contributed by atoms with van der Waals surface area (Å²) in [5, 5.41) is 3.93. The average Bonchev–Trinajstić information content (AvgIpc) is 2.93. The van der Waals surface area contributed by atoms with E-state index in [2.05, 4.69) is 26.5 Å². The van der Waals surface area contributed by atoms with Crippen LogP contribution in [-0.4, -0.2) is 24.7 Å². The molecule has 0 radical (unpaired) electrons. The minimum atomic E-state index is -0.449. The van der Waals surface area contributed by atoms with Crippen LogP contribution in [0.5, 0.6) is 17.2 Å². The van der Waals surface area contributed by atoms with E-state index in [0.717, 1.165) is 15.6 Å². The lowest BCUT2D eigenvalue weighted by molar-refractivity contribution is -0.123. The molecular formula is C29H23BrN2O5. The van der Waals surface area contributed by atoms with Gasteiger partial charge in [0.25, 0.3) is 5.91 Å². The van der Waals surface area contributed by atoms with Gasteiger partial charge in [-0.15, -0.1) is 0 Å². The monoisotopic (exact) mass is 558 g/mol. The van der Waals surface area contributed by atoms with Crippen molar-refractivity contribution in [2.24, 2.45) is 5.10 Å². The zero-order valence-electron chi connectivity index (χ0n) is 19.7. The number of hydrogen-bond donors (Lipinski definition) is 1. The number of rotatable bonds is 10. The summed E-state index contributed by atoms with van der Waals surface area (Å²) in [6.07, 6.45) is 1.48. The molecule has 0 aliphatic rings. The number of carbonyl (C=O) groups excluding carboxylic acids is 2. The lowest BCUT2D eigenvalue weighted by Gasteiger charge is -2.08. The molecule has 0 atom stereocenters. The number of nitrogens with one attached hydrogen (secondary N) is 1. The molecule has 37 heavy (non-hydrogen) atoms. The van der Waals surface area contributed by atoms with Crippen molar-refractivity contribution >= 4 is 34.0 Å². The van der Waals surface area contributed by atoms with E-state index in [1.165, 1.54) is 6.21 Å². The van der Waals surface area contributed by atoms with Crippen molar-refractivity contribution < 1.29 is 23.8 Å². The second kappa shape index (κ2) is 13.0. The predicted octanol–water partition coefficient (Wildman–Crippen LogP) is 5.78. The molecule has 1 amide bonds. The molecule has 0 heterocycles. The van der Waals surface area contributed by atoms with Crippen LogP contribution in [0.15, 0.2) is 113 Å². The molecule has 0 bridgehead atoms. The normalized spacial score (nSPS) is 10.6. The highest BCUT2D eigenvalue weighted by atomic mass is 79.9. The Morgan fingerprint density at radius 3 is 2.05 bits per heavy atom. The number of ether oxygens (including phenoxy) is 3. The third-order valence-corrected chi connectivity index (χ3v) is 5.54. The Bertz CT molecular complexity index is 1340. The van der Waals surface area contributed by atoms with Gasteiger partial charge >= 0.3 is 5.97 Å². The topological polar surface area (TPSA) is 86.2 Å². The second-order valence-corrected chi connectivity index (χ2v) is 8.71. The first-order chi connectivity index (χ1) is 18.0. The van der Waals surface area contributed by atoms with E-state index in [9.17, 15) is 9.59 Å².